The van der Waals surface area contributed by atoms with Gasteiger partial charge in [-0.3, -0.25) is 4.79 Å². The maximum atomic E-state index is 10.1. The molecule has 16 heavy (non-hydrogen) atoms. The standard InChI is InChI=1S/C12H16O4/c1-9(7-16-8-13)10-4-11(14-2)6-12(5-10)15-3/h4-6,8-9H,7H2,1-3H3. The average molecular weight is 224 g/mol. The van der Waals surface area contributed by atoms with Crippen molar-refractivity contribution in [3.05, 3.63) is 23.8 Å². The van der Waals surface area contributed by atoms with Crippen LogP contribution in [0.1, 0.15) is 18.4 Å². The third-order valence-electron chi connectivity index (χ3n) is 2.36. The van der Waals surface area contributed by atoms with Gasteiger partial charge in [0.2, 0.25) is 0 Å². The molecular formula is C12H16O4. The van der Waals surface area contributed by atoms with E-state index in [1.54, 1.807) is 20.3 Å². The van der Waals surface area contributed by atoms with Crippen LogP contribution in [0.5, 0.6) is 11.5 Å². The first-order valence-electron chi connectivity index (χ1n) is 4.99. The monoisotopic (exact) mass is 224 g/mol. The van der Waals surface area contributed by atoms with Crippen molar-refractivity contribution >= 4 is 6.47 Å². The van der Waals surface area contributed by atoms with Gasteiger partial charge in [-0.2, -0.15) is 0 Å². The molecule has 1 unspecified atom stereocenters. The Morgan fingerprint density at radius 3 is 2.19 bits per heavy atom. The minimum absolute atomic E-state index is 0.106. The summed E-state index contributed by atoms with van der Waals surface area (Å²) in [5, 5.41) is 0. The second-order valence-electron chi connectivity index (χ2n) is 3.48. The molecule has 4 heteroatoms. The molecule has 1 aromatic carbocycles. The zero-order valence-corrected chi connectivity index (χ0v) is 9.73. The van der Waals surface area contributed by atoms with Gasteiger partial charge in [-0.05, 0) is 17.7 Å². The van der Waals surface area contributed by atoms with Crippen LogP contribution >= 0.6 is 0 Å². The van der Waals surface area contributed by atoms with Gasteiger partial charge < -0.3 is 14.2 Å². The molecule has 1 aromatic rings. The Bertz CT molecular complexity index is 327. The Balaban J connectivity index is 2.88. The van der Waals surface area contributed by atoms with E-state index in [0.29, 0.717) is 13.1 Å². The number of rotatable bonds is 6. The quantitative estimate of drug-likeness (QED) is 0.693. The van der Waals surface area contributed by atoms with Crippen molar-refractivity contribution in [2.24, 2.45) is 0 Å². The van der Waals surface area contributed by atoms with Gasteiger partial charge in [-0.15, -0.1) is 0 Å². The molecule has 0 aliphatic carbocycles. The van der Waals surface area contributed by atoms with Gasteiger partial charge >= 0.3 is 0 Å². The molecule has 0 bridgehead atoms. The Morgan fingerprint density at radius 2 is 1.75 bits per heavy atom. The molecule has 0 heterocycles. The van der Waals surface area contributed by atoms with E-state index in [1.165, 1.54) is 0 Å². The summed E-state index contributed by atoms with van der Waals surface area (Å²) in [5.41, 5.74) is 1.01. The zero-order chi connectivity index (χ0) is 12.0. The number of carbonyl (C=O) groups excluding carboxylic acids is 1. The van der Waals surface area contributed by atoms with Crippen molar-refractivity contribution in [3.8, 4) is 11.5 Å². The smallest absolute Gasteiger partial charge is 0.293 e. The highest BCUT2D eigenvalue weighted by atomic mass is 16.5. The van der Waals surface area contributed by atoms with Gasteiger partial charge in [-0.1, -0.05) is 6.92 Å². The van der Waals surface area contributed by atoms with Crippen molar-refractivity contribution in [3.63, 3.8) is 0 Å². The molecule has 88 valence electrons. The molecule has 0 amide bonds. The third-order valence-corrected chi connectivity index (χ3v) is 2.36. The fourth-order valence-electron chi connectivity index (χ4n) is 1.39. The van der Waals surface area contributed by atoms with Crippen LogP contribution in [0.15, 0.2) is 18.2 Å². The lowest BCUT2D eigenvalue weighted by molar-refractivity contribution is -0.129. The minimum atomic E-state index is 0.106. The van der Waals surface area contributed by atoms with Crippen LogP contribution in [-0.2, 0) is 9.53 Å². The fraction of sp³-hybridized carbons (Fsp3) is 0.417. The number of benzene rings is 1. The number of hydrogen-bond donors (Lipinski definition) is 0. The predicted octanol–water partition coefficient (Wildman–Crippen LogP) is 1.98. The highest BCUT2D eigenvalue weighted by Gasteiger charge is 2.09. The van der Waals surface area contributed by atoms with E-state index >= 15 is 0 Å². The van der Waals surface area contributed by atoms with E-state index in [9.17, 15) is 4.79 Å². The SMILES string of the molecule is COc1cc(OC)cc(C(C)COC=O)c1. The topological polar surface area (TPSA) is 44.8 Å². The molecular weight excluding hydrogens is 208 g/mol. The van der Waals surface area contributed by atoms with E-state index in [1.807, 2.05) is 19.1 Å². The van der Waals surface area contributed by atoms with E-state index in [-0.39, 0.29) is 5.92 Å². The molecule has 1 rings (SSSR count). The van der Waals surface area contributed by atoms with Crippen molar-refractivity contribution in [2.45, 2.75) is 12.8 Å². The molecule has 0 aromatic heterocycles. The molecule has 0 saturated carbocycles. The highest BCUT2D eigenvalue weighted by molar-refractivity contribution is 5.41. The van der Waals surface area contributed by atoms with E-state index < -0.39 is 0 Å². The van der Waals surface area contributed by atoms with Crippen molar-refractivity contribution in [1.82, 2.24) is 0 Å². The van der Waals surface area contributed by atoms with E-state index in [0.717, 1.165) is 17.1 Å². The van der Waals surface area contributed by atoms with Gasteiger partial charge in [0.25, 0.3) is 6.47 Å². The van der Waals surface area contributed by atoms with Gasteiger partial charge in [0.1, 0.15) is 11.5 Å². The van der Waals surface area contributed by atoms with Gasteiger partial charge in [0.15, 0.2) is 0 Å². The minimum Gasteiger partial charge on any atom is -0.497 e. The first-order chi connectivity index (χ1) is 7.71. The van der Waals surface area contributed by atoms with Crippen LogP contribution in [0.4, 0.5) is 0 Å². The summed E-state index contributed by atoms with van der Waals surface area (Å²) < 4.78 is 15.1. The number of hydrogen-bond acceptors (Lipinski definition) is 4. The van der Waals surface area contributed by atoms with Crippen LogP contribution in [0.3, 0.4) is 0 Å². The van der Waals surface area contributed by atoms with Crippen molar-refractivity contribution < 1.29 is 19.0 Å². The summed E-state index contributed by atoms with van der Waals surface area (Å²) in [5.74, 6) is 1.56. The lowest BCUT2D eigenvalue weighted by Gasteiger charge is -2.13. The highest BCUT2D eigenvalue weighted by Crippen LogP contribution is 2.27. The largest absolute Gasteiger partial charge is 0.497 e. The van der Waals surface area contributed by atoms with Crippen LogP contribution in [0.2, 0.25) is 0 Å². The second-order valence-corrected chi connectivity index (χ2v) is 3.48. The van der Waals surface area contributed by atoms with Crippen LogP contribution in [0.25, 0.3) is 0 Å². The number of ether oxygens (including phenoxy) is 3. The summed E-state index contributed by atoms with van der Waals surface area (Å²) in [4.78, 5) is 10.1. The summed E-state index contributed by atoms with van der Waals surface area (Å²) >= 11 is 0. The molecule has 0 radical (unpaired) electrons. The van der Waals surface area contributed by atoms with Gasteiger partial charge in [0, 0.05) is 12.0 Å². The first-order valence-corrected chi connectivity index (χ1v) is 4.99. The normalized spacial score (nSPS) is 11.7. The van der Waals surface area contributed by atoms with Crippen molar-refractivity contribution in [2.75, 3.05) is 20.8 Å². The molecule has 0 N–H and O–H groups in total. The molecule has 0 spiro atoms. The molecule has 0 fully saturated rings. The van der Waals surface area contributed by atoms with Gasteiger partial charge in [-0.25, -0.2) is 0 Å². The van der Waals surface area contributed by atoms with Crippen molar-refractivity contribution in [1.29, 1.82) is 0 Å². The predicted molar refractivity (Wildman–Crippen MR) is 60.0 cm³/mol. The molecule has 4 nitrogen and oxygen atoms in total. The van der Waals surface area contributed by atoms with E-state index in [2.05, 4.69) is 0 Å². The van der Waals surface area contributed by atoms with Crippen LogP contribution < -0.4 is 9.47 Å². The van der Waals surface area contributed by atoms with Gasteiger partial charge in [0.05, 0.1) is 20.8 Å². The average Bonchev–Trinajstić information content (AvgIpc) is 2.35. The molecule has 0 saturated heterocycles. The Morgan fingerprint density at radius 1 is 1.19 bits per heavy atom. The lowest BCUT2D eigenvalue weighted by Crippen LogP contribution is -2.04. The fourth-order valence-corrected chi connectivity index (χ4v) is 1.39. The maximum Gasteiger partial charge on any atom is 0.293 e. The summed E-state index contributed by atoms with van der Waals surface area (Å²) in [7, 11) is 3.20. The Hall–Kier alpha value is -1.71. The molecule has 0 aliphatic rings. The van der Waals surface area contributed by atoms with E-state index in [4.69, 9.17) is 14.2 Å². The summed E-state index contributed by atoms with van der Waals surface area (Å²) in [6, 6.07) is 5.61. The maximum absolute atomic E-state index is 10.1. The Labute approximate surface area is 95.1 Å². The summed E-state index contributed by atoms with van der Waals surface area (Å²) in [6.07, 6.45) is 0. The third kappa shape index (κ3) is 3.15. The Kier molecular flexibility index (Phi) is 4.64. The van der Waals surface area contributed by atoms with Crippen LogP contribution in [0, 0.1) is 0 Å². The lowest BCUT2D eigenvalue weighted by atomic mass is 10.0. The van der Waals surface area contributed by atoms with Crippen LogP contribution in [-0.4, -0.2) is 27.3 Å². The molecule has 1 atom stereocenters. The second kappa shape index (κ2) is 6.00. The number of carbonyl (C=O) groups is 1. The first kappa shape index (κ1) is 12.4. The zero-order valence-electron chi connectivity index (χ0n) is 9.73. The molecule has 0 aliphatic heterocycles. The number of methoxy groups -OCH3 is 2. The summed E-state index contributed by atoms with van der Waals surface area (Å²) in [6.45, 7) is 2.77.